The number of benzene rings is 1. The minimum atomic E-state index is -0.516. The Morgan fingerprint density at radius 1 is 1.27 bits per heavy atom. The summed E-state index contributed by atoms with van der Waals surface area (Å²) in [5.41, 5.74) is 2.13. The maximum atomic E-state index is 13.0. The number of non-ortho nitro benzene ring substituents is 1. The first-order valence-corrected chi connectivity index (χ1v) is 10.2. The molecule has 2 aromatic rings. The molecule has 162 valence electrons. The molecule has 1 aromatic carbocycles. The smallest absolute Gasteiger partial charge is 0.297 e. The molecule has 7 heteroatoms. The monoisotopic (exact) mass is 414 g/mol. The van der Waals surface area contributed by atoms with Gasteiger partial charge in [0.25, 0.3) is 11.2 Å². The zero-order chi connectivity index (χ0) is 22.3. The Morgan fingerprint density at radius 2 is 2.00 bits per heavy atom. The van der Waals surface area contributed by atoms with Gasteiger partial charge in [0.1, 0.15) is 6.61 Å². The maximum Gasteiger partial charge on any atom is 0.297 e. The first kappa shape index (κ1) is 23.2. The predicted molar refractivity (Wildman–Crippen MR) is 119 cm³/mol. The van der Waals surface area contributed by atoms with Crippen molar-refractivity contribution in [2.24, 2.45) is 0 Å². The van der Waals surface area contributed by atoms with Crippen molar-refractivity contribution >= 4 is 16.6 Å². The van der Waals surface area contributed by atoms with Crippen LogP contribution < -0.4 is 10.3 Å². The number of pyridine rings is 1. The molecule has 30 heavy (non-hydrogen) atoms. The van der Waals surface area contributed by atoms with Gasteiger partial charge in [-0.15, -0.1) is 0 Å². The Bertz CT molecular complexity index is 1030. The zero-order valence-electron chi connectivity index (χ0n) is 18.1. The van der Waals surface area contributed by atoms with Crippen LogP contribution in [0.5, 0.6) is 11.5 Å². The van der Waals surface area contributed by atoms with Crippen LogP contribution in [0.4, 0.5) is 5.69 Å². The minimum Gasteiger partial charge on any atom is -0.504 e. The van der Waals surface area contributed by atoms with Gasteiger partial charge in [-0.25, -0.2) is 0 Å². The number of aryl methyl sites for hydroxylation is 1. The standard InChI is InChI=1S/C23H30N2O5/c1-5-6-13-24-20-15-18(25(28)29)10-11-19(20)21(26)22(23(24)27)30-14-12-17(4)9-7-8-16(2)3/h8,10-12,15,26H,5-7,9,13-14H2,1-4H3/b17-12+. The molecule has 0 saturated carbocycles. The van der Waals surface area contributed by atoms with Gasteiger partial charge in [-0.3, -0.25) is 14.9 Å². The first-order chi connectivity index (χ1) is 14.3. The number of allylic oxidation sites excluding steroid dienone is 3. The number of nitrogens with zero attached hydrogens (tertiary/aromatic N) is 2. The van der Waals surface area contributed by atoms with Crippen LogP contribution in [0.1, 0.15) is 53.4 Å². The lowest BCUT2D eigenvalue weighted by Gasteiger charge is -2.15. The summed E-state index contributed by atoms with van der Waals surface area (Å²) in [6.45, 7) is 8.67. The molecule has 2 rings (SSSR count). The van der Waals surface area contributed by atoms with Gasteiger partial charge in [0, 0.05) is 24.1 Å². The van der Waals surface area contributed by atoms with Gasteiger partial charge in [0.2, 0.25) is 5.75 Å². The highest BCUT2D eigenvalue weighted by Gasteiger charge is 2.19. The molecule has 0 fully saturated rings. The Hall–Kier alpha value is -3.09. The summed E-state index contributed by atoms with van der Waals surface area (Å²) in [5, 5.41) is 22.1. The highest BCUT2D eigenvalue weighted by molar-refractivity contribution is 5.89. The fourth-order valence-corrected chi connectivity index (χ4v) is 3.14. The lowest BCUT2D eigenvalue weighted by molar-refractivity contribution is -0.384. The number of rotatable bonds is 10. The van der Waals surface area contributed by atoms with Gasteiger partial charge >= 0.3 is 0 Å². The molecule has 1 aromatic heterocycles. The van der Waals surface area contributed by atoms with Crippen LogP contribution in [0.25, 0.3) is 10.9 Å². The van der Waals surface area contributed by atoms with Crippen LogP contribution in [-0.4, -0.2) is 21.2 Å². The molecule has 1 heterocycles. The number of fused-ring (bicyclic) bond motifs is 1. The SMILES string of the molecule is CCCCn1c(=O)c(OC/C=C(\C)CCC=C(C)C)c(O)c2ccc([N+](=O)[O-])cc21. The van der Waals surface area contributed by atoms with E-state index in [4.69, 9.17) is 4.74 Å². The van der Waals surface area contributed by atoms with E-state index in [1.807, 2.05) is 19.9 Å². The van der Waals surface area contributed by atoms with E-state index in [9.17, 15) is 20.0 Å². The van der Waals surface area contributed by atoms with E-state index in [-0.39, 0.29) is 23.8 Å². The van der Waals surface area contributed by atoms with Gasteiger partial charge in [0.15, 0.2) is 5.75 Å². The molecule has 0 radical (unpaired) electrons. The Kier molecular flexibility index (Phi) is 8.21. The molecule has 1 N–H and O–H groups in total. The van der Waals surface area contributed by atoms with E-state index in [1.165, 1.54) is 28.3 Å². The largest absolute Gasteiger partial charge is 0.504 e. The number of hydrogen-bond donors (Lipinski definition) is 1. The third kappa shape index (κ3) is 5.72. The summed E-state index contributed by atoms with van der Waals surface area (Å²) >= 11 is 0. The first-order valence-electron chi connectivity index (χ1n) is 10.2. The summed E-state index contributed by atoms with van der Waals surface area (Å²) in [6.07, 6.45) is 7.48. The van der Waals surface area contributed by atoms with Gasteiger partial charge in [0.05, 0.1) is 10.4 Å². The fourth-order valence-electron chi connectivity index (χ4n) is 3.14. The van der Waals surface area contributed by atoms with Crippen LogP contribution >= 0.6 is 0 Å². The number of aromatic hydroxyl groups is 1. The summed E-state index contributed by atoms with van der Waals surface area (Å²) in [5.74, 6) is -0.408. The van der Waals surface area contributed by atoms with E-state index >= 15 is 0 Å². The molecule has 0 spiro atoms. The summed E-state index contributed by atoms with van der Waals surface area (Å²) in [7, 11) is 0. The number of nitro groups is 1. The lowest BCUT2D eigenvalue weighted by Crippen LogP contribution is -2.23. The van der Waals surface area contributed by atoms with E-state index in [0.29, 0.717) is 17.4 Å². The molecule has 7 nitrogen and oxygen atoms in total. The number of nitro benzene ring substituents is 1. The molecule has 0 aliphatic heterocycles. The van der Waals surface area contributed by atoms with E-state index in [2.05, 4.69) is 19.9 Å². The summed E-state index contributed by atoms with van der Waals surface area (Å²) < 4.78 is 7.11. The second-order valence-corrected chi connectivity index (χ2v) is 7.63. The third-order valence-electron chi connectivity index (χ3n) is 4.88. The van der Waals surface area contributed by atoms with Crippen molar-refractivity contribution < 1.29 is 14.8 Å². The van der Waals surface area contributed by atoms with E-state index < -0.39 is 10.5 Å². The lowest BCUT2D eigenvalue weighted by atomic mass is 10.1. The van der Waals surface area contributed by atoms with E-state index in [0.717, 1.165) is 31.3 Å². The molecule has 0 aliphatic rings. The molecule has 0 amide bonds. The second kappa shape index (κ2) is 10.6. The van der Waals surface area contributed by atoms with Crippen LogP contribution in [0.15, 0.2) is 46.3 Å². The van der Waals surface area contributed by atoms with Crippen molar-refractivity contribution in [3.8, 4) is 11.5 Å². The predicted octanol–water partition coefficient (Wildman–Crippen LogP) is 5.49. The maximum absolute atomic E-state index is 13.0. The number of ether oxygens (including phenoxy) is 1. The minimum absolute atomic E-state index is 0.124. The average molecular weight is 415 g/mol. The molecular weight excluding hydrogens is 384 g/mol. The van der Waals surface area contributed by atoms with Gasteiger partial charge in [-0.1, -0.05) is 30.6 Å². The van der Waals surface area contributed by atoms with Crippen LogP contribution in [-0.2, 0) is 6.54 Å². The van der Waals surface area contributed by atoms with Crippen LogP contribution in [0.2, 0.25) is 0 Å². The fraction of sp³-hybridized carbons (Fsp3) is 0.435. The van der Waals surface area contributed by atoms with Crippen molar-refractivity contribution in [2.75, 3.05) is 6.61 Å². The van der Waals surface area contributed by atoms with E-state index in [1.54, 1.807) is 0 Å². The zero-order valence-corrected chi connectivity index (χ0v) is 18.1. The van der Waals surface area contributed by atoms with Gasteiger partial charge in [-0.05, 0) is 52.2 Å². The van der Waals surface area contributed by atoms with Crippen molar-refractivity contribution in [2.45, 2.75) is 59.9 Å². The van der Waals surface area contributed by atoms with Gasteiger partial charge < -0.3 is 14.4 Å². The molecule has 0 bridgehead atoms. The Balaban J connectivity index is 2.38. The molecule has 0 atom stereocenters. The van der Waals surface area contributed by atoms with Crippen molar-refractivity contribution in [1.29, 1.82) is 0 Å². The van der Waals surface area contributed by atoms with Crippen molar-refractivity contribution in [3.05, 3.63) is 62.0 Å². The number of unbranched alkanes of at least 4 members (excludes halogenated alkanes) is 1. The highest BCUT2D eigenvalue weighted by Crippen LogP contribution is 2.33. The number of aromatic nitrogens is 1. The molecule has 0 aliphatic carbocycles. The highest BCUT2D eigenvalue weighted by atomic mass is 16.6. The quantitative estimate of drug-likeness (QED) is 0.315. The van der Waals surface area contributed by atoms with Crippen LogP contribution in [0.3, 0.4) is 0 Å². The molecular formula is C23H30N2O5. The van der Waals surface area contributed by atoms with Crippen molar-refractivity contribution in [1.82, 2.24) is 4.57 Å². The third-order valence-corrected chi connectivity index (χ3v) is 4.88. The second-order valence-electron chi connectivity index (χ2n) is 7.63. The Morgan fingerprint density at radius 3 is 2.63 bits per heavy atom. The molecule has 0 saturated heterocycles. The number of hydrogen-bond acceptors (Lipinski definition) is 5. The topological polar surface area (TPSA) is 94.6 Å². The van der Waals surface area contributed by atoms with Gasteiger partial charge in [-0.2, -0.15) is 0 Å². The normalized spacial score (nSPS) is 11.5. The van der Waals surface area contributed by atoms with Crippen molar-refractivity contribution in [3.63, 3.8) is 0 Å². The Labute approximate surface area is 176 Å². The summed E-state index contributed by atoms with van der Waals surface area (Å²) in [6, 6.07) is 4.09. The van der Waals surface area contributed by atoms with Crippen LogP contribution in [0, 0.1) is 10.1 Å². The molecule has 0 unspecified atom stereocenters. The average Bonchev–Trinajstić information content (AvgIpc) is 2.69. The summed E-state index contributed by atoms with van der Waals surface area (Å²) in [4.78, 5) is 23.6.